The van der Waals surface area contributed by atoms with Crippen molar-refractivity contribution in [2.75, 3.05) is 19.7 Å². The summed E-state index contributed by atoms with van der Waals surface area (Å²) in [6, 6.07) is 1.75. The SMILES string of the molecule is CCCO[C@@H]1CCCN(C(=O)c2cc(C(C)C)on2)C1. The summed E-state index contributed by atoms with van der Waals surface area (Å²) in [5.74, 6) is 0.945. The van der Waals surface area contributed by atoms with Gasteiger partial charge in [-0.3, -0.25) is 4.79 Å². The van der Waals surface area contributed by atoms with Crippen LogP contribution >= 0.6 is 0 Å². The van der Waals surface area contributed by atoms with E-state index in [0.29, 0.717) is 12.2 Å². The lowest BCUT2D eigenvalue weighted by Gasteiger charge is -2.32. The zero-order valence-electron chi connectivity index (χ0n) is 12.6. The van der Waals surface area contributed by atoms with Crippen molar-refractivity contribution in [3.05, 3.63) is 17.5 Å². The fourth-order valence-electron chi connectivity index (χ4n) is 2.37. The second-order valence-electron chi connectivity index (χ2n) is 5.66. The van der Waals surface area contributed by atoms with Crippen LogP contribution < -0.4 is 0 Å². The summed E-state index contributed by atoms with van der Waals surface area (Å²) in [4.78, 5) is 14.2. The van der Waals surface area contributed by atoms with Crippen LogP contribution in [0.3, 0.4) is 0 Å². The molecule has 0 bridgehead atoms. The van der Waals surface area contributed by atoms with Crippen LogP contribution in [0.25, 0.3) is 0 Å². The Morgan fingerprint density at radius 2 is 2.40 bits per heavy atom. The number of aromatic nitrogens is 1. The van der Waals surface area contributed by atoms with Gasteiger partial charge in [-0.25, -0.2) is 0 Å². The molecule has 1 aliphatic rings. The third-order valence-corrected chi connectivity index (χ3v) is 3.54. The lowest BCUT2D eigenvalue weighted by atomic mass is 10.1. The molecule has 1 aromatic heterocycles. The first-order valence-corrected chi connectivity index (χ1v) is 7.49. The van der Waals surface area contributed by atoms with Gasteiger partial charge >= 0.3 is 0 Å². The van der Waals surface area contributed by atoms with Crippen molar-refractivity contribution in [3.63, 3.8) is 0 Å². The molecule has 5 nitrogen and oxygen atoms in total. The zero-order valence-corrected chi connectivity index (χ0v) is 12.6. The molecule has 1 aliphatic heterocycles. The van der Waals surface area contributed by atoms with E-state index in [1.54, 1.807) is 6.07 Å². The molecule has 0 spiro atoms. The number of rotatable bonds is 5. The van der Waals surface area contributed by atoms with E-state index >= 15 is 0 Å². The van der Waals surface area contributed by atoms with Crippen molar-refractivity contribution < 1.29 is 14.1 Å². The van der Waals surface area contributed by atoms with E-state index in [1.165, 1.54) is 0 Å². The van der Waals surface area contributed by atoms with Gasteiger partial charge in [-0.2, -0.15) is 0 Å². The van der Waals surface area contributed by atoms with Crippen molar-refractivity contribution in [3.8, 4) is 0 Å². The summed E-state index contributed by atoms with van der Waals surface area (Å²) < 4.78 is 11.0. The number of nitrogens with zero attached hydrogens (tertiary/aromatic N) is 2. The van der Waals surface area contributed by atoms with Crippen LogP contribution in [0.2, 0.25) is 0 Å². The molecule has 2 rings (SSSR count). The Balaban J connectivity index is 1.97. The number of carbonyl (C=O) groups is 1. The second-order valence-corrected chi connectivity index (χ2v) is 5.66. The average molecular weight is 280 g/mol. The van der Waals surface area contributed by atoms with Gasteiger partial charge in [-0.05, 0) is 19.3 Å². The van der Waals surface area contributed by atoms with E-state index in [4.69, 9.17) is 9.26 Å². The monoisotopic (exact) mass is 280 g/mol. The first-order chi connectivity index (χ1) is 9.61. The van der Waals surface area contributed by atoms with Gasteiger partial charge in [-0.1, -0.05) is 25.9 Å². The molecular formula is C15H24N2O3. The molecule has 1 aromatic rings. The average Bonchev–Trinajstić information content (AvgIpc) is 2.94. The highest BCUT2D eigenvalue weighted by Gasteiger charge is 2.27. The number of hydrogen-bond donors (Lipinski definition) is 0. The molecule has 5 heteroatoms. The number of ether oxygens (including phenoxy) is 1. The van der Waals surface area contributed by atoms with Crippen LogP contribution in [0.1, 0.15) is 62.2 Å². The van der Waals surface area contributed by atoms with Gasteiger partial charge in [0.15, 0.2) is 5.69 Å². The molecule has 20 heavy (non-hydrogen) atoms. The van der Waals surface area contributed by atoms with Crippen molar-refractivity contribution in [1.29, 1.82) is 0 Å². The van der Waals surface area contributed by atoms with Gasteiger partial charge in [0, 0.05) is 31.7 Å². The van der Waals surface area contributed by atoms with Crippen LogP contribution in [-0.2, 0) is 4.74 Å². The van der Waals surface area contributed by atoms with E-state index in [0.717, 1.165) is 38.2 Å². The van der Waals surface area contributed by atoms with E-state index in [1.807, 2.05) is 18.7 Å². The van der Waals surface area contributed by atoms with Gasteiger partial charge in [0.25, 0.3) is 5.91 Å². The second kappa shape index (κ2) is 6.88. The standard InChI is InChI=1S/C15H24N2O3/c1-4-8-19-12-6-5-7-17(10-12)15(18)13-9-14(11(2)3)20-16-13/h9,11-12H,4-8,10H2,1-3H3/t12-/m1/s1. The third-order valence-electron chi connectivity index (χ3n) is 3.54. The first-order valence-electron chi connectivity index (χ1n) is 7.49. The molecule has 112 valence electrons. The minimum absolute atomic E-state index is 0.0505. The highest BCUT2D eigenvalue weighted by molar-refractivity contribution is 5.92. The quantitative estimate of drug-likeness (QED) is 0.832. The topological polar surface area (TPSA) is 55.6 Å². The number of amides is 1. The van der Waals surface area contributed by atoms with Crippen molar-refractivity contribution in [2.45, 2.75) is 52.1 Å². The molecule has 1 fully saturated rings. The minimum Gasteiger partial charge on any atom is -0.376 e. The molecule has 2 heterocycles. The van der Waals surface area contributed by atoms with E-state index in [2.05, 4.69) is 12.1 Å². The van der Waals surface area contributed by atoms with Gasteiger partial charge in [0.2, 0.25) is 0 Å². The number of piperidine rings is 1. The summed E-state index contributed by atoms with van der Waals surface area (Å²) in [5.41, 5.74) is 0.407. The van der Waals surface area contributed by atoms with Gasteiger partial charge in [-0.15, -0.1) is 0 Å². The lowest BCUT2D eigenvalue weighted by Crippen LogP contribution is -2.43. The lowest BCUT2D eigenvalue weighted by molar-refractivity contribution is 0.00180. The fourth-order valence-corrected chi connectivity index (χ4v) is 2.37. The van der Waals surface area contributed by atoms with Gasteiger partial charge in [0.05, 0.1) is 6.10 Å². The van der Waals surface area contributed by atoms with Crippen LogP contribution in [0.5, 0.6) is 0 Å². The van der Waals surface area contributed by atoms with Crippen molar-refractivity contribution in [2.24, 2.45) is 0 Å². The molecule has 0 radical (unpaired) electrons. The maximum Gasteiger partial charge on any atom is 0.276 e. The highest BCUT2D eigenvalue weighted by Crippen LogP contribution is 2.19. The van der Waals surface area contributed by atoms with Gasteiger partial charge < -0.3 is 14.2 Å². The van der Waals surface area contributed by atoms with E-state index in [9.17, 15) is 4.79 Å². The molecular weight excluding hydrogens is 256 g/mol. The molecule has 0 unspecified atom stereocenters. The molecule has 0 aromatic carbocycles. The maximum atomic E-state index is 12.4. The van der Waals surface area contributed by atoms with E-state index < -0.39 is 0 Å². The Labute approximate surface area is 120 Å². The summed E-state index contributed by atoms with van der Waals surface area (Å²) in [6.45, 7) is 8.31. The Hall–Kier alpha value is -1.36. The summed E-state index contributed by atoms with van der Waals surface area (Å²) in [5, 5.41) is 3.89. The smallest absolute Gasteiger partial charge is 0.276 e. The van der Waals surface area contributed by atoms with Gasteiger partial charge in [0.1, 0.15) is 5.76 Å². The normalized spacial score (nSPS) is 19.6. The number of hydrogen-bond acceptors (Lipinski definition) is 4. The summed E-state index contributed by atoms with van der Waals surface area (Å²) in [7, 11) is 0. The number of likely N-dealkylation sites (tertiary alicyclic amines) is 1. The highest BCUT2D eigenvalue weighted by atomic mass is 16.5. The summed E-state index contributed by atoms with van der Waals surface area (Å²) in [6.07, 6.45) is 3.17. The maximum absolute atomic E-state index is 12.4. The Bertz CT molecular complexity index is 442. The summed E-state index contributed by atoms with van der Waals surface area (Å²) >= 11 is 0. The fraction of sp³-hybridized carbons (Fsp3) is 0.733. The van der Waals surface area contributed by atoms with Crippen LogP contribution in [0.4, 0.5) is 0 Å². The van der Waals surface area contributed by atoms with Crippen molar-refractivity contribution in [1.82, 2.24) is 10.1 Å². The zero-order chi connectivity index (χ0) is 14.5. The molecule has 0 saturated carbocycles. The molecule has 1 atom stereocenters. The largest absolute Gasteiger partial charge is 0.376 e. The Kier molecular flexibility index (Phi) is 5.17. The van der Waals surface area contributed by atoms with Crippen LogP contribution in [0, 0.1) is 0 Å². The minimum atomic E-state index is -0.0505. The Morgan fingerprint density at radius 3 is 3.05 bits per heavy atom. The Morgan fingerprint density at radius 1 is 1.60 bits per heavy atom. The van der Waals surface area contributed by atoms with E-state index in [-0.39, 0.29) is 17.9 Å². The predicted octanol–water partition coefficient (Wildman–Crippen LogP) is 2.83. The number of carbonyl (C=O) groups excluding carboxylic acids is 1. The molecule has 1 amide bonds. The molecule has 1 saturated heterocycles. The third kappa shape index (κ3) is 3.60. The first kappa shape index (κ1) is 15.0. The predicted molar refractivity (Wildman–Crippen MR) is 75.8 cm³/mol. The molecule has 0 aliphatic carbocycles. The van der Waals surface area contributed by atoms with Crippen LogP contribution in [0.15, 0.2) is 10.6 Å². The van der Waals surface area contributed by atoms with Crippen molar-refractivity contribution >= 4 is 5.91 Å². The van der Waals surface area contributed by atoms with Crippen LogP contribution in [-0.4, -0.2) is 41.8 Å². The molecule has 0 N–H and O–H groups in total.